The molecule has 4 aromatic rings. The van der Waals surface area contributed by atoms with E-state index in [2.05, 4.69) is 15.2 Å². The molecule has 0 aliphatic carbocycles. The summed E-state index contributed by atoms with van der Waals surface area (Å²) in [4.78, 5) is 6.02. The summed E-state index contributed by atoms with van der Waals surface area (Å²) < 4.78 is 49.4. The van der Waals surface area contributed by atoms with Gasteiger partial charge in [-0.25, -0.2) is 4.98 Å². The SMILES string of the molecule is Cl.Cl.N[C@H]1CCN([C@H](c2ccc3nnc(-c4ccc5cccc(OCCO)c5n4)n3c2)C(F)(F)F)C1. The Balaban J connectivity index is 0.00000180. The van der Waals surface area contributed by atoms with Crippen molar-refractivity contribution in [1.29, 1.82) is 0 Å². The monoisotopic (exact) mass is 544 g/mol. The van der Waals surface area contributed by atoms with Crippen LogP contribution in [-0.2, 0) is 0 Å². The van der Waals surface area contributed by atoms with Crippen molar-refractivity contribution in [3.63, 3.8) is 0 Å². The lowest BCUT2D eigenvalue weighted by Crippen LogP contribution is -2.38. The van der Waals surface area contributed by atoms with Crippen LogP contribution in [0.4, 0.5) is 13.2 Å². The van der Waals surface area contributed by atoms with Gasteiger partial charge in [-0.15, -0.1) is 35.0 Å². The number of hydrogen-bond acceptors (Lipinski definition) is 7. The predicted molar refractivity (Wildman–Crippen MR) is 134 cm³/mol. The van der Waals surface area contributed by atoms with Gasteiger partial charge in [-0.05, 0) is 30.2 Å². The molecular formula is C23H25Cl2F3N6O2. The first-order chi connectivity index (χ1) is 16.3. The highest BCUT2D eigenvalue weighted by Gasteiger charge is 2.46. The first kappa shape index (κ1) is 27.9. The molecule has 2 atom stereocenters. The summed E-state index contributed by atoms with van der Waals surface area (Å²) in [6.07, 6.45) is -2.52. The fraction of sp³-hybridized carbons (Fsp3) is 0.348. The number of para-hydroxylation sites is 1. The van der Waals surface area contributed by atoms with Gasteiger partial charge in [0, 0.05) is 30.7 Å². The fourth-order valence-electron chi connectivity index (χ4n) is 4.42. The van der Waals surface area contributed by atoms with Crippen LogP contribution in [0.3, 0.4) is 0 Å². The number of aliphatic hydroxyl groups excluding tert-OH is 1. The van der Waals surface area contributed by atoms with E-state index in [1.165, 1.54) is 27.6 Å². The number of nitrogens with zero attached hydrogens (tertiary/aromatic N) is 5. The summed E-state index contributed by atoms with van der Waals surface area (Å²) in [5.74, 6) is 0.806. The number of aliphatic hydroxyl groups is 1. The lowest BCUT2D eigenvalue weighted by Gasteiger charge is -2.30. The van der Waals surface area contributed by atoms with Crippen molar-refractivity contribution in [2.75, 3.05) is 26.3 Å². The third-order valence-corrected chi connectivity index (χ3v) is 5.93. The summed E-state index contributed by atoms with van der Waals surface area (Å²) in [5.41, 5.74) is 7.36. The number of pyridine rings is 2. The van der Waals surface area contributed by atoms with Crippen LogP contribution >= 0.6 is 24.8 Å². The summed E-state index contributed by atoms with van der Waals surface area (Å²) in [7, 11) is 0. The highest BCUT2D eigenvalue weighted by molar-refractivity contribution is 5.86. The zero-order chi connectivity index (χ0) is 23.9. The Labute approximate surface area is 217 Å². The van der Waals surface area contributed by atoms with E-state index in [1.807, 2.05) is 18.2 Å². The Hall–Kier alpha value is -2.70. The molecule has 0 bridgehead atoms. The summed E-state index contributed by atoms with van der Waals surface area (Å²) in [6, 6.07) is 9.90. The second-order valence-corrected chi connectivity index (χ2v) is 8.30. The van der Waals surface area contributed by atoms with Crippen molar-refractivity contribution in [2.24, 2.45) is 5.73 Å². The Morgan fingerprint density at radius 3 is 2.61 bits per heavy atom. The minimum Gasteiger partial charge on any atom is -0.489 e. The van der Waals surface area contributed by atoms with Crippen LogP contribution in [0.5, 0.6) is 5.75 Å². The molecule has 1 aliphatic heterocycles. The molecule has 3 N–H and O–H groups in total. The Kier molecular flexibility index (Phi) is 8.63. The first-order valence-electron chi connectivity index (χ1n) is 10.9. The van der Waals surface area contributed by atoms with Crippen LogP contribution in [-0.4, -0.2) is 68.1 Å². The lowest BCUT2D eigenvalue weighted by atomic mass is 10.1. The van der Waals surface area contributed by atoms with Crippen LogP contribution in [0.1, 0.15) is 18.0 Å². The summed E-state index contributed by atoms with van der Waals surface area (Å²) in [6.45, 7) is 0.429. The maximum Gasteiger partial charge on any atom is 0.408 e. The summed E-state index contributed by atoms with van der Waals surface area (Å²) in [5, 5.41) is 18.2. The van der Waals surface area contributed by atoms with E-state index in [4.69, 9.17) is 15.6 Å². The normalized spacial score (nSPS) is 17.1. The molecule has 194 valence electrons. The van der Waals surface area contributed by atoms with Gasteiger partial charge in [0.05, 0.1) is 6.61 Å². The predicted octanol–water partition coefficient (Wildman–Crippen LogP) is 3.80. The molecule has 3 aromatic heterocycles. The summed E-state index contributed by atoms with van der Waals surface area (Å²) >= 11 is 0. The maximum absolute atomic E-state index is 14.1. The van der Waals surface area contributed by atoms with Crippen LogP contribution in [0.2, 0.25) is 0 Å². The Morgan fingerprint density at radius 2 is 1.92 bits per heavy atom. The number of aromatic nitrogens is 4. The van der Waals surface area contributed by atoms with Gasteiger partial charge in [-0.3, -0.25) is 9.30 Å². The Bertz CT molecular complexity index is 1340. The molecule has 0 amide bonds. The molecule has 5 rings (SSSR count). The minimum atomic E-state index is -4.47. The maximum atomic E-state index is 14.1. The molecule has 1 saturated heterocycles. The second-order valence-electron chi connectivity index (χ2n) is 8.30. The molecule has 1 aliphatic rings. The molecular weight excluding hydrogens is 520 g/mol. The highest BCUT2D eigenvalue weighted by Crippen LogP contribution is 2.39. The van der Waals surface area contributed by atoms with E-state index in [-0.39, 0.29) is 62.7 Å². The van der Waals surface area contributed by atoms with Gasteiger partial charge in [-0.1, -0.05) is 24.3 Å². The first-order valence-corrected chi connectivity index (χ1v) is 10.9. The number of fused-ring (bicyclic) bond motifs is 2. The average Bonchev–Trinajstić information content (AvgIpc) is 3.42. The highest BCUT2D eigenvalue weighted by atomic mass is 35.5. The van der Waals surface area contributed by atoms with Crippen molar-refractivity contribution < 1.29 is 23.0 Å². The number of ether oxygens (including phenoxy) is 1. The molecule has 4 heterocycles. The van der Waals surface area contributed by atoms with Crippen molar-refractivity contribution in [1.82, 2.24) is 24.5 Å². The van der Waals surface area contributed by atoms with Crippen LogP contribution < -0.4 is 10.5 Å². The van der Waals surface area contributed by atoms with Gasteiger partial charge in [0.1, 0.15) is 29.6 Å². The molecule has 1 fully saturated rings. The topological polar surface area (TPSA) is 102 Å². The molecule has 0 radical (unpaired) electrons. The van der Waals surface area contributed by atoms with Gasteiger partial charge in [0.2, 0.25) is 0 Å². The molecule has 0 unspecified atom stereocenters. The molecule has 36 heavy (non-hydrogen) atoms. The lowest BCUT2D eigenvalue weighted by molar-refractivity contribution is -0.183. The van der Waals surface area contributed by atoms with Crippen molar-refractivity contribution in [3.05, 3.63) is 54.2 Å². The van der Waals surface area contributed by atoms with E-state index >= 15 is 0 Å². The molecule has 1 aromatic carbocycles. The molecule has 13 heteroatoms. The number of benzene rings is 1. The number of rotatable bonds is 6. The van der Waals surface area contributed by atoms with Gasteiger partial charge >= 0.3 is 6.18 Å². The zero-order valence-corrected chi connectivity index (χ0v) is 20.6. The number of halogens is 5. The van der Waals surface area contributed by atoms with Crippen LogP contribution in [0, 0.1) is 0 Å². The van der Waals surface area contributed by atoms with Crippen LogP contribution in [0.15, 0.2) is 48.7 Å². The largest absolute Gasteiger partial charge is 0.489 e. The zero-order valence-electron chi connectivity index (χ0n) is 18.9. The standard InChI is InChI=1S/C23H23F3N6O2.2ClH/c24-23(25,26)21(31-9-8-16(27)13-31)15-5-7-19-29-30-22(32(19)12-15)17-6-4-14-2-1-3-18(20(14)28-17)34-11-10-33;;/h1-7,12,16,21,33H,8-11,13,27H2;2*1H/t16-,21+;;/m0../s1. The molecule has 0 spiro atoms. The van der Waals surface area contributed by atoms with Gasteiger partial charge in [0.15, 0.2) is 11.5 Å². The van der Waals surface area contributed by atoms with Crippen molar-refractivity contribution >= 4 is 41.4 Å². The van der Waals surface area contributed by atoms with Gasteiger partial charge in [0.25, 0.3) is 0 Å². The fourth-order valence-corrected chi connectivity index (χ4v) is 4.42. The quantitative estimate of drug-likeness (QED) is 0.380. The number of likely N-dealkylation sites (tertiary alicyclic amines) is 1. The van der Waals surface area contributed by atoms with E-state index in [0.29, 0.717) is 34.9 Å². The third kappa shape index (κ3) is 5.35. The van der Waals surface area contributed by atoms with Gasteiger partial charge in [-0.2, -0.15) is 13.2 Å². The van der Waals surface area contributed by atoms with Gasteiger partial charge < -0.3 is 15.6 Å². The smallest absolute Gasteiger partial charge is 0.408 e. The van der Waals surface area contributed by atoms with Crippen molar-refractivity contribution in [3.8, 4) is 17.3 Å². The number of nitrogens with two attached hydrogens (primary N) is 1. The van der Waals surface area contributed by atoms with Crippen LogP contribution in [0.25, 0.3) is 28.1 Å². The number of alkyl halides is 3. The second kappa shape index (κ2) is 11.1. The van der Waals surface area contributed by atoms with E-state index in [0.717, 1.165) is 5.39 Å². The molecule has 8 nitrogen and oxygen atoms in total. The number of hydrogen-bond donors (Lipinski definition) is 2. The minimum absolute atomic E-state index is 0. The van der Waals surface area contributed by atoms with Crippen molar-refractivity contribution in [2.45, 2.75) is 24.7 Å². The van der Waals surface area contributed by atoms with E-state index in [1.54, 1.807) is 12.1 Å². The molecule has 0 saturated carbocycles. The van der Waals surface area contributed by atoms with E-state index in [9.17, 15) is 13.2 Å². The average molecular weight is 545 g/mol. The Morgan fingerprint density at radius 1 is 1.11 bits per heavy atom. The third-order valence-electron chi connectivity index (χ3n) is 5.93. The van der Waals surface area contributed by atoms with E-state index < -0.39 is 12.2 Å².